The molecule has 0 heterocycles. The zero-order valence-corrected chi connectivity index (χ0v) is 11.4. The first-order valence-electron chi connectivity index (χ1n) is 6.53. The highest BCUT2D eigenvalue weighted by molar-refractivity contribution is 5.76. The minimum Gasteiger partial charge on any atom is -0.382 e. The van der Waals surface area contributed by atoms with Crippen molar-refractivity contribution in [3.63, 3.8) is 0 Å². The highest BCUT2D eigenvalue weighted by Crippen LogP contribution is 2.32. The van der Waals surface area contributed by atoms with Crippen LogP contribution < -0.4 is 10.6 Å². The summed E-state index contributed by atoms with van der Waals surface area (Å²) in [6.45, 7) is 6.50. The fraction of sp³-hybridized carbons (Fsp3) is 0.538. The summed E-state index contributed by atoms with van der Waals surface area (Å²) < 4.78 is 5.23. The van der Waals surface area contributed by atoms with E-state index in [2.05, 4.69) is 10.6 Å². The van der Waals surface area contributed by atoms with Crippen LogP contribution in [-0.4, -0.2) is 31.2 Å². The van der Waals surface area contributed by atoms with E-state index in [0.29, 0.717) is 37.7 Å². The first-order chi connectivity index (χ1) is 9.20. The van der Waals surface area contributed by atoms with Crippen molar-refractivity contribution in [1.82, 2.24) is 0 Å². The van der Waals surface area contributed by atoms with E-state index in [1.807, 2.05) is 13.8 Å². The van der Waals surface area contributed by atoms with Crippen molar-refractivity contribution in [1.29, 1.82) is 0 Å². The molecule has 0 unspecified atom stereocenters. The molecule has 6 nitrogen and oxygen atoms in total. The van der Waals surface area contributed by atoms with Gasteiger partial charge in [0, 0.05) is 26.3 Å². The molecular formula is C13H21N3O3. The zero-order valence-electron chi connectivity index (χ0n) is 11.4. The molecule has 0 saturated carbocycles. The van der Waals surface area contributed by atoms with Gasteiger partial charge in [0.25, 0.3) is 0 Å². The fourth-order valence-electron chi connectivity index (χ4n) is 1.76. The van der Waals surface area contributed by atoms with E-state index in [0.717, 1.165) is 6.42 Å². The van der Waals surface area contributed by atoms with Crippen LogP contribution in [0.5, 0.6) is 0 Å². The molecule has 0 radical (unpaired) electrons. The molecule has 1 rings (SSSR count). The Hall–Kier alpha value is -1.82. The molecule has 2 N–H and O–H groups in total. The molecule has 0 aliphatic rings. The Morgan fingerprint density at radius 3 is 2.53 bits per heavy atom. The van der Waals surface area contributed by atoms with Gasteiger partial charge in [-0.25, -0.2) is 0 Å². The molecule has 0 fully saturated rings. The number of hydrogen-bond acceptors (Lipinski definition) is 5. The van der Waals surface area contributed by atoms with Gasteiger partial charge < -0.3 is 15.4 Å². The van der Waals surface area contributed by atoms with Crippen molar-refractivity contribution in [3.05, 3.63) is 28.3 Å². The Balaban J connectivity index is 2.70. The summed E-state index contributed by atoms with van der Waals surface area (Å²) in [7, 11) is 0. The predicted molar refractivity (Wildman–Crippen MR) is 76.9 cm³/mol. The van der Waals surface area contributed by atoms with Crippen LogP contribution in [-0.2, 0) is 4.74 Å². The number of nitrogens with one attached hydrogen (secondary N) is 2. The minimum absolute atomic E-state index is 0.0979. The lowest BCUT2D eigenvalue weighted by atomic mass is 10.2. The second-order valence-electron chi connectivity index (χ2n) is 3.97. The molecule has 6 heteroatoms. The quantitative estimate of drug-likeness (QED) is 0.409. The van der Waals surface area contributed by atoms with E-state index in [4.69, 9.17) is 4.74 Å². The first-order valence-corrected chi connectivity index (χ1v) is 6.53. The van der Waals surface area contributed by atoms with Crippen LogP contribution in [0.3, 0.4) is 0 Å². The molecule has 0 amide bonds. The topological polar surface area (TPSA) is 76.4 Å². The largest absolute Gasteiger partial charge is 0.382 e. The lowest BCUT2D eigenvalue weighted by molar-refractivity contribution is -0.383. The Morgan fingerprint density at radius 2 is 1.95 bits per heavy atom. The Morgan fingerprint density at radius 1 is 1.26 bits per heavy atom. The number of ether oxygens (including phenoxy) is 1. The molecule has 1 aromatic rings. The zero-order chi connectivity index (χ0) is 14.1. The van der Waals surface area contributed by atoms with Gasteiger partial charge in [0.2, 0.25) is 0 Å². The SMILES string of the molecule is CCNc1cccc(NCCCOCC)c1[N+](=O)[O-]. The highest BCUT2D eigenvalue weighted by Gasteiger charge is 2.18. The molecule has 0 aliphatic carbocycles. The predicted octanol–water partition coefficient (Wildman–Crippen LogP) is 2.87. The molecular weight excluding hydrogens is 246 g/mol. The Kier molecular flexibility index (Phi) is 6.67. The van der Waals surface area contributed by atoms with E-state index in [-0.39, 0.29) is 10.6 Å². The number of rotatable bonds is 9. The van der Waals surface area contributed by atoms with Gasteiger partial charge in [0.15, 0.2) is 0 Å². The first kappa shape index (κ1) is 15.2. The molecule has 0 bridgehead atoms. The van der Waals surface area contributed by atoms with E-state index in [1.165, 1.54) is 0 Å². The third-order valence-electron chi connectivity index (χ3n) is 2.57. The maximum atomic E-state index is 11.2. The van der Waals surface area contributed by atoms with E-state index in [9.17, 15) is 10.1 Å². The van der Waals surface area contributed by atoms with Crippen molar-refractivity contribution in [2.75, 3.05) is 36.9 Å². The molecule has 0 saturated heterocycles. The number of benzene rings is 1. The van der Waals surface area contributed by atoms with Crippen LogP contribution in [0.15, 0.2) is 18.2 Å². The summed E-state index contributed by atoms with van der Waals surface area (Å²) in [5, 5.41) is 17.2. The maximum absolute atomic E-state index is 11.2. The van der Waals surface area contributed by atoms with Gasteiger partial charge in [-0.1, -0.05) is 6.07 Å². The van der Waals surface area contributed by atoms with Crippen LogP contribution in [0, 0.1) is 10.1 Å². The molecule has 19 heavy (non-hydrogen) atoms. The standard InChI is InChI=1S/C13H21N3O3/c1-3-14-11-7-5-8-12(13(11)16(17)18)15-9-6-10-19-4-2/h5,7-8,14-15H,3-4,6,9-10H2,1-2H3. The number of nitrogens with zero attached hydrogens (tertiary/aromatic N) is 1. The van der Waals surface area contributed by atoms with E-state index >= 15 is 0 Å². The third-order valence-corrected chi connectivity index (χ3v) is 2.57. The van der Waals surface area contributed by atoms with Gasteiger partial charge in [-0.15, -0.1) is 0 Å². The highest BCUT2D eigenvalue weighted by atomic mass is 16.6. The van der Waals surface area contributed by atoms with Crippen LogP contribution in [0.25, 0.3) is 0 Å². The number of hydrogen-bond donors (Lipinski definition) is 2. The molecule has 0 aromatic heterocycles. The summed E-state index contributed by atoms with van der Waals surface area (Å²) >= 11 is 0. The van der Waals surface area contributed by atoms with Crippen LogP contribution in [0.4, 0.5) is 17.1 Å². The average Bonchev–Trinajstić information content (AvgIpc) is 2.38. The summed E-state index contributed by atoms with van der Waals surface area (Å²) in [5.41, 5.74) is 1.18. The van der Waals surface area contributed by atoms with E-state index in [1.54, 1.807) is 18.2 Å². The number of anilines is 2. The van der Waals surface area contributed by atoms with E-state index < -0.39 is 0 Å². The van der Waals surface area contributed by atoms with Crippen molar-refractivity contribution < 1.29 is 9.66 Å². The Labute approximate surface area is 113 Å². The second-order valence-corrected chi connectivity index (χ2v) is 3.97. The molecule has 0 spiro atoms. The molecule has 1 aromatic carbocycles. The number of nitro benzene ring substituents is 1. The van der Waals surface area contributed by atoms with Gasteiger partial charge in [-0.2, -0.15) is 0 Å². The van der Waals surface area contributed by atoms with Gasteiger partial charge in [0.05, 0.1) is 4.92 Å². The monoisotopic (exact) mass is 267 g/mol. The van der Waals surface area contributed by atoms with Crippen molar-refractivity contribution in [2.24, 2.45) is 0 Å². The molecule has 0 atom stereocenters. The number of para-hydroxylation sites is 1. The maximum Gasteiger partial charge on any atom is 0.315 e. The van der Waals surface area contributed by atoms with Crippen molar-refractivity contribution >= 4 is 17.1 Å². The lowest BCUT2D eigenvalue weighted by Gasteiger charge is -2.10. The number of nitro groups is 1. The normalized spacial score (nSPS) is 10.2. The van der Waals surface area contributed by atoms with Crippen LogP contribution >= 0.6 is 0 Å². The van der Waals surface area contributed by atoms with Crippen LogP contribution in [0.1, 0.15) is 20.3 Å². The van der Waals surface area contributed by atoms with Gasteiger partial charge in [-0.3, -0.25) is 10.1 Å². The van der Waals surface area contributed by atoms with Gasteiger partial charge in [0.1, 0.15) is 11.4 Å². The smallest absolute Gasteiger partial charge is 0.315 e. The second kappa shape index (κ2) is 8.31. The van der Waals surface area contributed by atoms with Crippen molar-refractivity contribution in [3.8, 4) is 0 Å². The summed E-state index contributed by atoms with van der Waals surface area (Å²) in [5.74, 6) is 0. The third kappa shape index (κ3) is 4.75. The van der Waals surface area contributed by atoms with Gasteiger partial charge >= 0.3 is 5.69 Å². The fourth-order valence-corrected chi connectivity index (χ4v) is 1.76. The molecule has 106 valence electrons. The van der Waals surface area contributed by atoms with Gasteiger partial charge in [-0.05, 0) is 32.4 Å². The average molecular weight is 267 g/mol. The lowest BCUT2D eigenvalue weighted by Crippen LogP contribution is -2.09. The van der Waals surface area contributed by atoms with Crippen LogP contribution in [0.2, 0.25) is 0 Å². The Bertz CT molecular complexity index is 410. The minimum atomic E-state index is -0.358. The van der Waals surface area contributed by atoms with Crippen molar-refractivity contribution in [2.45, 2.75) is 20.3 Å². The summed E-state index contributed by atoms with van der Waals surface area (Å²) in [6.07, 6.45) is 0.816. The summed E-state index contributed by atoms with van der Waals surface area (Å²) in [6, 6.07) is 5.24. The molecule has 0 aliphatic heterocycles. The summed E-state index contributed by atoms with van der Waals surface area (Å²) in [4.78, 5) is 10.8.